The Balaban J connectivity index is 3.75. The Morgan fingerprint density at radius 1 is 1.17 bits per heavy atom. The zero-order valence-corrected chi connectivity index (χ0v) is 8.42. The number of hydrogen-bond acceptors (Lipinski definition) is 3. The molecule has 0 aromatic carbocycles. The van der Waals surface area contributed by atoms with E-state index in [1.165, 1.54) is 0 Å². The van der Waals surface area contributed by atoms with E-state index >= 15 is 0 Å². The van der Waals surface area contributed by atoms with E-state index in [2.05, 4.69) is 0 Å². The van der Waals surface area contributed by atoms with Crippen LogP contribution in [0.2, 0.25) is 0 Å². The van der Waals surface area contributed by atoms with Crippen molar-refractivity contribution in [3.8, 4) is 0 Å². The standard InChI is InChI=1S/C9H20O3/c1-8(2,11)7-12-9(3,4)5-6-10/h10-11H,5-7H2,1-4H3. The first kappa shape index (κ1) is 11.9. The van der Waals surface area contributed by atoms with Gasteiger partial charge in [-0.3, -0.25) is 0 Å². The highest BCUT2D eigenvalue weighted by molar-refractivity contribution is 4.71. The fourth-order valence-electron chi connectivity index (χ4n) is 0.713. The highest BCUT2D eigenvalue weighted by Gasteiger charge is 2.22. The van der Waals surface area contributed by atoms with Crippen molar-refractivity contribution in [2.45, 2.75) is 45.3 Å². The molecule has 74 valence electrons. The van der Waals surface area contributed by atoms with Crippen LogP contribution in [0.25, 0.3) is 0 Å². The largest absolute Gasteiger partial charge is 0.396 e. The maximum atomic E-state index is 9.36. The molecule has 3 heteroatoms. The minimum Gasteiger partial charge on any atom is -0.396 e. The minimum atomic E-state index is -0.799. The fraction of sp³-hybridized carbons (Fsp3) is 1.00. The van der Waals surface area contributed by atoms with E-state index in [1.807, 2.05) is 13.8 Å². The lowest BCUT2D eigenvalue weighted by atomic mass is 10.1. The van der Waals surface area contributed by atoms with Crippen molar-refractivity contribution < 1.29 is 14.9 Å². The van der Waals surface area contributed by atoms with E-state index in [0.29, 0.717) is 13.0 Å². The van der Waals surface area contributed by atoms with Crippen LogP contribution in [0.4, 0.5) is 0 Å². The summed E-state index contributed by atoms with van der Waals surface area (Å²) in [5.41, 5.74) is -1.15. The Morgan fingerprint density at radius 2 is 1.67 bits per heavy atom. The van der Waals surface area contributed by atoms with Gasteiger partial charge in [0.15, 0.2) is 0 Å². The summed E-state index contributed by atoms with van der Waals surface area (Å²) in [4.78, 5) is 0. The lowest BCUT2D eigenvalue weighted by molar-refractivity contribution is -0.0979. The molecule has 0 amide bonds. The normalized spacial score (nSPS) is 13.5. The molecule has 0 aromatic heterocycles. The Kier molecular flexibility index (Phi) is 4.17. The third kappa shape index (κ3) is 6.58. The predicted octanol–water partition coefficient (Wildman–Crippen LogP) is 0.935. The van der Waals surface area contributed by atoms with Gasteiger partial charge in [-0.05, 0) is 34.1 Å². The van der Waals surface area contributed by atoms with Crippen LogP contribution in [0, 0.1) is 0 Å². The minimum absolute atomic E-state index is 0.110. The molecule has 0 fully saturated rings. The maximum absolute atomic E-state index is 9.36. The third-order valence-electron chi connectivity index (χ3n) is 1.53. The van der Waals surface area contributed by atoms with Gasteiger partial charge in [-0.25, -0.2) is 0 Å². The van der Waals surface area contributed by atoms with Gasteiger partial charge in [-0.2, -0.15) is 0 Å². The Bertz CT molecular complexity index is 124. The molecule has 0 aliphatic heterocycles. The van der Waals surface area contributed by atoms with Crippen LogP contribution in [-0.2, 0) is 4.74 Å². The van der Waals surface area contributed by atoms with Gasteiger partial charge in [0.05, 0.1) is 17.8 Å². The first-order valence-electron chi connectivity index (χ1n) is 4.24. The second-order valence-corrected chi connectivity index (χ2v) is 4.33. The van der Waals surface area contributed by atoms with Crippen molar-refractivity contribution >= 4 is 0 Å². The van der Waals surface area contributed by atoms with E-state index in [1.54, 1.807) is 13.8 Å². The van der Waals surface area contributed by atoms with Gasteiger partial charge in [-0.15, -0.1) is 0 Å². The van der Waals surface area contributed by atoms with Crippen molar-refractivity contribution in [2.75, 3.05) is 13.2 Å². The summed E-state index contributed by atoms with van der Waals surface area (Å²) in [5, 5.41) is 18.1. The van der Waals surface area contributed by atoms with Crippen LogP contribution < -0.4 is 0 Å². The van der Waals surface area contributed by atoms with Crippen molar-refractivity contribution in [3.05, 3.63) is 0 Å². The zero-order valence-electron chi connectivity index (χ0n) is 8.42. The van der Waals surface area contributed by atoms with Gasteiger partial charge in [-0.1, -0.05) is 0 Å². The van der Waals surface area contributed by atoms with Gasteiger partial charge in [0.25, 0.3) is 0 Å². The highest BCUT2D eigenvalue weighted by Crippen LogP contribution is 2.16. The van der Waals surface area contributed by atoms with Gasteiger partial charge in [0, 0.05) is 6.61 Å². The first-order valence-corrected chi connectivity index (χ1v) is 4.24. The average Bonchev–Trinajstić information content (AvgIpc) is 1.83. The molecule has 0 aliphatic carbocycles. The molecule has 2 N–H and O–H groups in total. The molecule has 0 rings (SSSR count). The topological polar surface area (TPSA) is 49.7 Å². The van der Waals surface area contributed by atoms with Crippen LogP contribution in [0.5, 0.6) is 0 Å². The smallest absolute Gasteiger partial charge is 0.0824 e. The van der Waals surface area contributed by atoms with Crippen molar-refractivity contribution in [1.29, 1.82) is 0 Å². The number of hydrogen-bond donors (Lipinski definition) is 2. The molecule has 0 aromatic rings. The Labute approximate surface area is 74.4 Å². The number of aliphatic hydroxyl groups excluding tert-OH is 1. The molecule has 0 bridgehead atoms. The van der Waals surface area contributed by atoms with E-state index in [9.17, 15) is 5.11 Å². The molecule has 0 unspecified atom stereocenters. The second kappa shape index (κ2) is 4.21. The molecule has 0 atom stereocenters. The van der Waals surface area contributed by atoms with Gasteiger partial charge >= 0.3 is 0 Å². The van der Waals surface area contributed by atoms with E-state index in [-0.39, 0.29) is 12.2 Å². The van der Waals surface area contributed by atoms with Crippen molar-refractivity contribution in [1.82, 2.24) is 0 Å². The van der Waals surface area contributed by atoms with Crippen LogP contribution in [0.1, 0.15) is 34.1 Å². The molecular formula is C9H20O3. The lowest BCUT2D eigenvalue weighted by Crippen LogP contribution is -2.34. The molecule has 0 aliphatic rings. The Morgan fingerprint density at radius 3 is 2.00 bits per heavy atom. The molecule has 0 saturated heterocycles. The quantitative estimate of drug-likeness (QED) is 0.655. The van der Waals surface area contributed by atoms with Crippen LogP contribution in [-0.4, -0.2) is 34.6 Å². The summed E-state index contributed by atoms with van der Waals surface area (Å²) in [6, 6.07) is 0. The number of aliphatic hydroxyl groups is 2. The van der Waals surface area contributed by atoms with Gasteiger partial charge in [0.1, 0.15) is 0 Å². The molecule has 0 radical (unpaired) electrons. The van der Waals surface area contributed by atoms with Crippen molar-refractivity contribution in [2.24, 2.45) is 0 Å². The molecular weight excluding hydrogens is 156 g/mol. The third-order valence-corrected chi connectivity index (χ3v) is 1.53. The van der Waals surface area contributed by atoms with E-state index in [0.717, 1.165) is 0 Å². The van der Waals surface area contributed by atoms with Gasteiger partial charge in [0.2, 0.25) is 0 Å². The molecule has 12 heavy (non-hydrogen) atoms. The molecule has 0 heterocycles. The molecule has 3 nitrogen and oxygen atoms in total. The maximum Gasteiger partial charge on any atom is 0.0824 e. The number of ether oxygens (including phenoxy) is 1. The fourth-order valence-corrected chi connectivity index (χ4v) is 0.713. The molecule has 0 saturated carbocycles. The van der Waals surface area contributed by atoms with Crippen LogP contribution >= 0.6 is 0 Å². The van der Waals surface area contributed by atoms with Crippen molar-refractivity contribution in [3.63, 3.8) is 0 Å². The summed E-state index contributed by atoms with van der Waals surface area (Å²) < 4.78 is 5.42. The highest BCUT2D eigenvalue weighted by atomic mass is 16.5. The summed E-state index contributed by atoms with van der Waals surface area (Å²) in [5.74, 6) is 0. The predicted molar refractivity (Wildman–Crippen MR) is 48.0 cm³/mol. The van der Waals surface area contributed by atoms with Crippen LogP contribution in [0.15, 0.2) is 0 Å². The summed E-state index contributed by atoms with van der Waals surface area (Å²) >= 11 is 0. The first-order chi connectivity index (χ1) is 5.27. The zero-order chi connectivity index (χ0) is 9.83. The summed E-state index contributed by atoms with van der Waals surface area (Å²) in [6.07, 6.45) is 0.586. The monoisotopic (exact) mass is 176 g/mol. The number of rotatable bonds is 5. The second-order valence-electron chi connectivity index (χ2n) is 4.33. The molecule has 0 spiro atoms. The summed E-state index contributed by atoms with van der Waals surface area (Å²) in [6.45, 7) is 7.59. The van der Waals surface area contributed by atoms with E-state index < -0.39 is 5.60 Å². The van der Waals surface area contributed by atoms with E-state index in [4.69, 9.17) is 9.84 Å². The van der Waals surface area contributed by atoms with Crippen LogP contribution in [0.3, 0.4) is 0 Å². The summed E-state index contributed by atoms with van der Waals surface area (Å²) in [7, 11) is 0. The SMILES string of the molecule is CC(C)(O)COC(C)(C)CCO. The van der Waals surface area contributed by atoms with Gasteiger partial charge < -0.3 is 14.9 Å². The Hall–Kier alpha value is -0.120. The average molecular weight is 176 g/mol. The lowest BCUT2D eigenvalue weighted by Gasteiger charge is -2.28.